The molecule has 3 saturated heterocycles. The summed E-state index contributed by atoms with van der Waals surface area (Å²) in [6.07, 6.45) is 6.93. The van der Waals surface area contributed by atoms with Gasteiger partial charge in [-0.3, -0.25) is 19.7 Å². The lowest BCUT2D eigenvalue weighted by molar-refractivity contribution is -0.253. The minimum absolute atomic E-state index is 0.0175. The average molecular weight is 609 g/mol. The van der Waals surface area contributed by atoms with Gasteiger partial charge >= 0.3 is 0 Å². The largest absolute Gasteiger partial charge is 0.392 e. The lowest BCUT2D eigenvalue weighted by Gasteiger charge is -2.39. The number of nitrogens with one attached hydrogen (secondary N) is 2. The van der Waals surface area contributed by atoms with Crippen LogP contribution in [-0.2, 0) is 32.2 Å². The van der Waals surface area contributed by atoms with Gasteiger partial charge in [0, 0.05) is 50.5 Å². The van der Waals surface area contributed by atoms with Crippen LogP contribution in [-0.4, -0.2) is 76.8 Å². The molecule has 5 rings (SSSR count). The zero-order valence-electron chi connectivity index (χ0n) is 25.7. The first-order chi connectivity index (χ1) is 21.5. The molecule has 0 radical (unpaired) electrons. The molecule has 4 N–H and O–H groups in total. The fourth-order valence-electron chi connectivity index (χ4n) is 6.61. The molecule has 0 spiro atoms. The fraction of sp³-hybridized carbons (Fsp3) is 0.588. The Hall–Kier alpha value is -2.86. The van der Waals surface area contributed by atoms with E-state index >= 15 is 0 Å². The zero-order chi connectivity index (χ0) is 30.7. The highest BCUT2D eigenvalue weighted by Gasteiger charge is 2.36. The molecule has 4 atom stereocenters. The van der Waals surface area contributed by atoms with Crippen molar-refractivity contribution in [3.05, 3.63) is 70.8 Å². The van der Waals surface area contributed by atoms with Crippen LogP contribution in [0.5, 0.6) is 0 Å². The number of hydrogen-bond acceptors (Lipinski definition) is 8. The quantitative estimate of drug-likeness (QED) is 0.144. The van der Waals surface area contributed by atoms with Crippen molar-refractivity contribution in [1.82, 2.24) is 20.6 Å². The van der Waals surface area contributed by atoms with E-state index in [1.54, 1.807) is 5.48 Å². The van der Waals surface area contributed by atoms with Crippen molar-refractivity contribution in [1.29, 1.82) is 0 Å². The SMILES string of the molecule is O=C(CCCCC(=O)NCc1ccc([C@@H]2O[C@H](CN3CCC[C@H]3CN3CCCC3)C[C@H](c3ccc(CO)cc3)O2)cc1)NO. The summed E-state index contributed by atoms with van der Waals surface area (Å²) in [5, 5.41) is 21.0. The van der Waals surface area contributed by atoms with Gasteiger partial charge in [0.05, 0.1) is 18.8 Å². The van der Waals surface area contributed by atoms with Gasteiger partial charge < -0.3 is 24.8 Å². The number of rotatable bonds is 14. The molecule has 10 nitrogen and oxygen atoms in total. The monoisotopic (exact) mass is 608 g/mol. The van der Waals surface area contributed by atoms with Crippen molar-refractivity contribution in [3.8, 4) is 0 Å². The number of benzene rings is 2. The Morgan fingerprint density at radius 1 is 0.818 bits per heavy atom. The Morgan fingerprint density at radius 3 is 2.20 bits per heavy atom. The van der Waals surface area contributed by atoms with Gasteiger partial charge in [0.15, 0.2) is 6.29 Å². The highest BCUT2D eigenvalue weighted by atomic mass is 16.7. The second-order valence-electron chi connectivity index (χ2n) is 12.4. The van der Waals surface area contributed by atoms with E-state index < -0.39 is 12.2 Å². The predicted molar refractivity (Wildman–Crippen MR) is 165 cm³/mol. The van der Waals surface area contributed by atoms with Gasteiger partial charge in [0.25, 0.3) is 0 Å². The van der Waals surface area contributed by atoms with Crippen molar-refractivity contribution >= 4 is 11.8 Å². The van der Waals surface area contributed by atoms with Crippen LogP contribution >= 0.6 is 0 Å². The highest BCUT2D eigenvalue weighted by molar-refractivity contribution is 5.76. The van der Waals surface area contributed by atoms with E-state index in [4.69, 9.17) is 14.7 Å². The van der Waals surface area contributed by atoms with Crippen molar-refractivity contribution in [2.24, 2.45) is 0 Å². The molecule has 0 aliphatic carbocycles. The summed E-state index contributed by atoms with van der Waals surface area (Å²) < 4.78 is 13.2. The number of aliphatic hydroxyl groups is 1. The number of aliphatic hydroxyl groups excluding tert-OH is 1. The third-order valence-corrected chi connectivity index (χ3v) is 9.14. The van der Waals surface area contributed by atoms with E-state index in [1.165, 1.54) is 38.8 Å². The molecule has 3 aliphatic heterocycles. The molecule has 2 aromatic carbocycles. The number of nitrogens with zero attached hydrogens (tertiary/aromatic N) is 2. The van der Waals surface area contributed by atoms with Crippen LogP contribution in [0.15, 0.2) is 48.5 Å². The lowest BCUT2D eigenvalue weighted by Crippen LogP contribution is -2.45. The molecule has 10 heteroatoms. The maximum Gasteiger partial charge on any atom is 0.243 e. The van der Waals surface area contributed by atoms with Crippen LogP contribution in [0.25, 0.3) is 0 Å². The van der Waals surface area contributed by atoms with Crippen LogP contribution < -0.4 is 10.8 Å². The number of carbonyl (C=O) groups excluding carboxylic acids is 2. The Bertz CT molecular complexity index is 1190. The Labute approximate surface area is 260 Å². The van der Waals surface area contributed by atoms with Crippen molar-refractivity contribution in [2.45, 2.75) is 95.5 Å². The van der Waals surface area contributed by atoms with E-state index in [-0.39, 0.29) is 31.1 Å². The molecule has 0 bridgehead atoms. The summed E-state index contributed by atoms with van der Waals surface area (Å²) in [4.78, 5) is 28.6. The van der Waals surface area contributed by atoms with Crippen molar-refractivity contribution in [3.63, 3.8) is 0 Å². The van der Waals surface area contributed by atoms with Crippen LogP contribution in [0.1, 0.15) is 92.4 Å². The summed E-state index contributed by atoms with van der Waals surface area (Å²) in [5.74, 6) is -0.508. The third kappa shape index (κ3) is 9.32. The number of unbranched alkanes of at least 4 members (excludes halogenated alkanes) is 1. The van der Waals surface area contributed by atoms with Gasteiger partial charge in [0.2, 0.25) is 11.8 Å². The molecule has 0 unspecified atom stereocenters. The Morgan fingerprint density at radius 2 is 1.50 bits per heavy atom. The van der Waals surface area contributed by atoms with E-state index in [0.717, 1.165) is 48.3 Å². The number of carbonyl (C=O) groups is 2. The van der Waals surface area contributed by atoms with Gasteiger partial charge in [-0.05, 0) is 74.8 Å². The number of hydrogen-bond donors (Lipinski definition) is 4. The first-order valence-electron chi connectivity index (χ1n) is 16.3. The second-order valence-corrected chi connectivity index (χ2v) is 12.4. The highest BCUT2D eigenvalue weighted by Crippen LogP contribution is 2.39. The van der Waals surface area contributed by atoms with Crippen LogP contribution in [0, 0.1) is 0 Å². The number of ether oxygens (including phenoxy) is 2. The summed E-state index contributed by atoms with van der Waals surface area (Å²) in [5.41, 5.74) is 5.50. The van der Waals surface area contributed by atoms with Gasteiger partial charge in [-0.2, -0.15) is 0 Å². The summed E-state index contributed by atoms with van der Waals surface area (Å²) >= 11 is 0. The van der Waals surface area contributed by atoms with Gasteiger partial charge in [-0.15, -0.1) is 0 Å². The molecule has 240 valence electrons. The van der Waals surface area contributed by atoms with Crippen LogP contribution in [0.4, 0.5) is 0 Å². The summed E-state index contributed by atoms with van der Waals surface area (Å²) in [7, 11) is 0. The fourth-order valence-corrected chi connectivity index (χ4v) is 6.61. The topological polar surface area (TPSA) is 124 Å². The van der Waals surface area contributed by atoms with E-state index in [0.29, 0.717) is 31.8 Å². The first kappa shape index (κ1) is 32.5. The normalized spacial score (nSPS) is 24.4. The molecule has 44 heavy (non-hydrogen) atoms. The predicted octanol–water partition coefficient (Wildman–Crippen LogP) is 3.97. The smallest absolute Gasteiger partial charge is 0.243 e. The molecular formula is C34H48N4O6. The summed E-state index contributed by atoms with van der Waals surface area (Å²) in [6, 6.07) is 16.6. The molecule has 0 saturated carbocycles. The number of amides is 2. The Balaban J connectivity index is 1.19. The minimum Gasteiger partial charge on any atom is -0.392 e. The first-order valence-corrected chi connectivity index (χ1v) is 16.3. The van der Waals surface area contributed by atoms with Crippen molar-refractivity contribution < 1.29 is 29.4 Å². The second kappa shape index (κ2) is 16.5. The number of hydroxylamine groups is 1. The van der Waals surface area contributed by atoms with E-state index in [9.17, 15) is 14.7 Å². The molecule has 2 amide bonds. The van der Waals surface area contributed by atoms with E-state index in [1.807, 2.05) is 36.4 Å². The molecule has 3 fully saturated rings. The lowest BCUT2D eigenvalue weighted by atomic mass is 9.99. The third-order valence-electron chi connectivity index (χ3n) is 9.14. The minimum atomic E-state index is -0.504. The standard InChI is InChI=1S/C34H48N4O6/c39-24-26-11-13-27(14-12-26)31-20-30(23-38-19-5-6-29(38)22-37-17-3-4-18-37)43-34(44-31)28-15-9-25(10-16-28)21-35-32(40)7-1-2-8-33(41)36-42/h9-16,29-31,34,39,42H,1-8,17-24H2,(H,35,40)(H,36,41)/t29-,30-,31+,34+/m0/s1. The van der Waals surface area contributed by atoms with Gasteiger partial charge in [0.1, 0.15) is 0 Å². The maximum absolute atomic E-state index is 12.2. The maximum atomic E-state index is 12.2. The van der Waals surface area contributed by atoms with Gasteiger partial charge in [-0.25, -0.2) is 5.48 Å². The van der Waals surface area contributed by atoms with Crippen molar-refractivity contribution in [2.75, 3.05) is 32.7 Å². The molecule has 2 aromatic rings. The molecule has 0 aromatic heterocycles. The van der Waals surface area contributed by atoms with Crippen LogP contribution in [0.3, 0.4) is 0 Å². The van der Waals surface area contributed by atoms with Crippen LogP contribution in [0.2, 0.25) is 0 Å². The zero-order valence-corrected chi connectivity index (χ0v) is 25.7. The average Bonchev–Trinajstić information content (AvgIpc) is 3.74. The molecular weight excluding hydrogens is 560 g/mol. The Kier molecular flexibility index (Phi) is 12.2. The van der Waals surface area contributed by atoms with Gasteiger partial charge in [-0.1, -0.05) is 48.5 Å². The summed E-state index contributed by atoms with van der Waals surface area (Å²) in [6.45, 7) is 6.02. The number of likely N-dealkylation sites (tertiary alicyclic amines) is 2. The molecule has 3 heterocycles. The molecule has 3 aliphatic rings. The van der Waals surface area contributed by atoms with E-state index in [2.05, 4.69) is 27.2 Å².